The zero-order valence-corrected chi connectivity index (χ0v) is 15.0. The van der Waals surface area contributed by atoms with Crippen molar-refractivity contribution in [1.82, 2.24) is 9.38 Å². The fraction of sp³-hybridized carbons (Fsp3) is 0.235. The quantitative estimate of drug-likeness (QED) is 0.674. The van der Waals surface area contributed by atoms with E-state index in [2.05, 4.69) is 10.3 Å². The van der Waals surface area contributed by atoms with Crippen LogP contribution in [0.4, 0.5) is 5.00 Å². The number of fused-ring (bicyclic) bond motifs is 2. The van der Waals surface area contributed by atoms with Crippen LogP contribution in [0.5, 0.6) is 0 Å². The number of nitrogens with one attached hydrogen (secondary N) is 1. The average molecular weight is 372 g/mol. The van der Waals surface area contributed by atoms with Gasteiger partial charge in [0.15, 0.2) is 5.16 Å². The maximum Gasteiger partial charge on any atom is 0.251 e. The molecule has 1 aliphatic carbocycles. The number of carbonyl (C=O) groups excluding carboxylic acids is 2. The van der Waals surface area contributed by atoms with Gasteiger partial charge in [-0.05, 0) is 37.0 Å². The molecule has 8 heteroatoms. The Hall–Kier alpha value is -2.32. The van der Waals surface area contributed by atoms with E-state index in [9.17, 15) is 9.59 Å². The summed E-state index contributed by atoms with van der Waals surface area (Å²) in [5.74, 6) is -0.420. The molecule has 3 N–H and O–H groups in total. The fourth-order valence-electron chi connectivity index (χ4n) is 3.07. The largest absolute Gasteiger partial charge is 0.365 e. The van der Waals surface area contributed by atoms with Crippen LogP contribution in [0.1, 0.15) is 27.2 Å². The lowest BCUT2D eigenvalue weighted by Crippen LogP contribution is -2.19. The van der Waals surface area contributed by atoms with E-state index in [1.807, 2.05) is 28.8 Å². The molecule has 2 amide bonds. The molecule has 0 aromatic carbocycles. The molecule has 0 aliphatic heterocycles. The first-order chi connectivity index (χ1) is 12.1. The van der Waals surface area contributed by atoms with Crippen LogP contribution in [0, 0.1) is 0 Å². The summed E-state index contributed by atoms with van der Waals surface area (Å²) in [6.07, 6.45) is 6.53. The average Bonchev–Trinajstić information content (AvgIpc) is 3.26. The lowest BCUT2D eigenvalue weighted by Gasteiger charge is -2.06. The van der Waals surface area contributed by atoms with E-state index in [0.717, 1.165) is 40.4 Å². The summed E-state index contributed by atoms with van der Waals surface area (Å²) in [6, 6.07) is 5.83. The van der Waals surface area contributed by atoms with E-state index in [-0.39, 0.29) is 11.7 Å². The zero-order chi connectivity index (χ0) is 17.4. The van der Waals surface area contributed by atoms with Crippen LogP contribution >= 0.6 is 23.1 Å². The Labute approximate surface area is 152 Å². The zero-order valence-electron chi connectivity index (χ0n) is 13.3. The predicted molar refractivity (Wildman–Crippen MR) is 99.4 cm³/mol. The maximum atomic E-state index is 12.3. The number of amides is 2. The van der Waals surface area contributed by atoms with Gasteiger partial charge in [0.25, 0.3) is 5.91 Å². The number of pyridine rings is 1. The number of hydrogen-bond acceptors (Lipinski definition) is 5. The topological polar surface area (TPSA) is 89.5 Å². The number of imidazole rings is 1. The minimum absolute atomic E-state index is 0.167. The summed E-state index contributed by atoms with van der Waals surface area (Å²) < 4.78 is 1.94. The molecule has 1 aliphatic rings. The number of rotatable bonds is 5. The number of primary amides is 1. The van der Waals surface area contributed by atoms with Gasteiger partial charge in [-0.1, -0.05) is 17.8 Å². The van der Waals surface area contributed by atoms with Crippen LogP contribution in [-0.4, -0.2) is 27.0 Å². The van der Waals surface area contributed by atoms with Gasteiger partial charge in [0.2, 0.25) is 5.91 Å². The number of thioether (sulfide) groups is 1. The number of nitrogens with two attached hydrogens (primary N) is 1. The first-order valence-electron chi connectivity index (χ1n) is 7.92. The van der Waals surface area contributed by atoms with Gasteiger partial charge < -0.3 is 11.1 Å². The van der Waals surface area contributed by atoms with E-state index in [1.54, 1.807) is 6.20 Å². The molecule has 25 heavy (non-hydrogen) atoms. The highest BCUT2D eigenvalue weighted by Gasteiger charge is 2.26. The first kappa shape index (κ1) is 16.2. The number of thiophene rings is 1. The van der Waals surface area contributed by atoms with Crippen LogP contribution in [-0.2, 0) is 17.6 Å². The van der Waals surface area contributed by atoms with Crippen molar-refractivity contribution in [3.8, 4) is 0 Å². The standard InChI is InChI=1S/C17H16N4O2S2/c18-15(23)14-11-5-3-6-12(11)25-16(14)20-13(22)9-24-17-19-8-10-4-1-2-7-21(10)17/h1-2,4,7-8H,3,5-6,9H2,(H2,18,23)(H,20,22). The number of aryl methyl sites for hydroxylation is 1. The van der Waals surface area contributed by atoms with Crippen LogP contribution in [0.3, 0.4) is 0 Å². The SMILES string of the molecule is NC(=O)c1c(NC(=O)CSc2ncc3ccccn23)sc2c1CCC2. The second kappa shape index (κ2) is 6.53. The third kappa shape index (κ3) is 3.03. The van der Waals surface area contributed by atoms with Gasteiger partial charge in [0.05, 0.1) is 23.0 Å². The lowest BCUT2D eigenvalue weighted by atomic mass is 10.1. The van der Waals surface area contributed by atoms with E-state index in [0.29, 0.717) is 10.6 Å². The number of nitrogens with zero attached hydrogens (tertiary/aromatic N) is 2. The van der Waals surface area contributed by atoms with E-state index in [1.165, 1.54) is 23.1 Å². The highest BCUT2D eigenvalue weighted by Crippen LogP contribution is 2.38. The molecule has 6 nitrogen and oxygen atoms in total. The van der Waals surface area contributed by atoms with Gasteiger partial charge in [-0.2, -0.15) is 0 Å². The summed E-state index contributed by atoms with van der Waals surface area (Å²) in [4.78, 5) is 29.6. The Morgan fingerprint density at radius 3 is 3.08 bits per heavy atom. The van der Waals surface area contributed by atoms with Crippen LogP contribution < -0.4 is 11.1 Å². The molecule has 4 rings (SSSR count). The van der Waals surface area contributed by atoms with Crippen LogP contribution in [0.15, 0.2) is 35.7 Å². The van der Waals surface area contributed by atoms with Crippen LogP contribution in [0.25, 0.3) is 5.52 Å². The molecule has 0 unspecified atom stereocenters. The lowest BCUT2D eigenvalue weighted by molar-refractivity contribution is -0.113. The Morgan fingerprint density at radius 1 is 1.36 bits per heavy atom. The van der Waals surface area contributed by atoms with Crippen molar-refractivity contribution < 1.29 is 9.59 Å². The highest BCUT2D eigenvalue weighted by atomic mass is 32.2. The molecule has 0 fully saturated rings. The van der Waals surface area contributed by atoms with Crippen molar-refractivity contribution in [1.29, 1.82) is 0 Å². The molecule has 128 valence electrons. The number of anilines is 1. The molecule has 0 atom stereocenters. The van der Waals surface area contributed by atoms with Gasteiger partial charge in [-0.15, -0.1) is 11.3 Å². The summed E-state index contributed by atoms with van der Waals surface area (Å²) in [5.41, 5.74) is 8.00. The molecular formula is C17H16N4O2S2. The summed E-state index contributed by atoms with van der Waals surface area (Å²) >= 11 is 2.83. The third-order valence-corrected chi connectivity index (χ3v) is 6.33. The van der Waals surface area contributed by atoms with Gasteiger partial charge in [-0.25, -0.2) is 4.98 Å². The van der Waals surface area contributed by atoms with Gasteiger partial charge >= 0.3 is 0 Å². The Kier molecular flexibility index (Phi) is 4.22. The fourth-order valence-corrected chi connectivity index (χ4v) is 5.15. The van der Waals surface area contributed by atoms with Crippen molar-refractivity contribution >= 4 is 45.4 Å². The smallest absolute Gasteiger partial charge is 0.251 e. The molecule has 0 spiro atoms. The summed E-state index contributed by atoms with van der Waals surface area (Å²) in [6.45, 7) is 0. The van der Waals surface area contributed by atoms with Crippen molar-refractivity contribution in [2.75, 3.05) is 11.1 Å². The summed E-state index contributed by atoms with van der Waals surface area (Å²) in [5, 5.41) is 4.19. The minimum atomic E-state index is -0.471. The van der Waals surface area contributed by atoms with Gasteiger partial charge in [-0.3, -0.25) is 14.0 Å². The van der Waals surface area contributed by atoms with Crippen molar-refractivity contribution in [3.63, 3.8) is 0 Å². The number of aromatic nitrogens is 2. The van der Waals surface area contributed by atoms with Crippen LogP contribution in [0.2, 0.25) is 0 Å². The maximum absolute atomic E-state index is 12.3. The normalized spacial score (nSPS) is 13.1. The number of hydrogen-bond donors (Lipinski definition) is 2. The molecule has 3 aromatic heterocycles. The van der Waals surface area contributed by atoms with E-state index in [4.69, 9.17) is 5.73 Å². The molecule has 3 aromatic rings. The first-order valence-corrected chi connectivity index (χ1v) is 9.73. The third-order valence-electron chi connectivity index (χ3n) is 4.16. The molecule has 3 heterocycles. The Bertz CT molecular complexity index is 976. The molecule has 0 saturated heterocycles. The second-order valence-corrected chi connectivity index (χ2v) is 7.85. The van der Waals surface area contributed by atoms with Crippen molar-refractivity contribution in [2.45, 2.75) is 24.4 Å². The monoisotopic (exact) mass is 372 g/mol. The van der Waals surface area contributed by atoms with E-state index >= 15 is 0 Å². The van der Waals surface area contributed by atoms with Gasteiger partial charge in [0.1, 0.15) is 5.00 Å². The van der Waals surface area contributed by atoms with Crippen molar-refractivity contribution in [2.24, 2.45) is 5.73 Å². The van der Waals surface area contributed by atoms with Gasteiger partial charge in [0, 0.05) is 11.1 Å². The Morgan fingerprint density at radius 2 is 2.24 bits per heavy atom. The molecular weight excluding hydrogens is 356 g/mol. The Balaban J connectivity index is 1.47. The minimum Gasteiger partial charge on any atom is -0.365 e. The van der Waals surface area contributed by atoms with Crippen molar-refractivity contribution in [3.05, 3.63) is 46.6 Å². The molecule has 0 saturated carbocycles. The predicted octanol–water partition coefficient (Wildman–Crippen LogP) is 2.71. The van der Waals surface area contributed by atoms with E-state index < -0.39 is 5.91 Å². The second-order valence-electron chi connectivity index (χ2n) is 5.80. The highest BCUT2D eigenvalue weighted by molar-refractivity contribution is 7.99. The summed E-state index contributed by atoms with van der Waals surface area (Å²) in [7, 11) is 0. The number of carbonyl (C=O) groups is 2. The molecule has 0 bridgehead atoms. The molecule has 0 radical (unpaired) electrons.